The summed E-state index contributed by atoms with van der Waals surface area (Å²) in [6.45, 7) is 6.83. The zero-order valence-electron chi connectivity index (χ0n) is 13.8. The number of carbonyl (C=O) groups is 2. The van der Waals surface area contributed by atoms with Crippen LogP contribution in [0.15, 0.2) is 30.3 Å². The van der Waals surface area contributed by atoms with E-state index in [0.717, 1.165) is 24.7 Å². The summed E-state index contributed by atoms with van der Waals surface area (Å²) < 4.78 is 0. The number of nitrogens with one attached hydrogen (secondary N) is 2. The van der Waals surface area contributed by atoms with Crippen molar-refractivity contribution in [3.8, 4) is 0 Å². The molecule has 2 N–H and O–H groups in total. The fraction of sp³-hybridized carbons (Fsp3) is 0.556. The molecule has 0 aliphatic heterocycles. The molecule has 0 spiro atoms. The molecule has 4 nitrogen and oxygen atoms in total. The second-order valence-electron chi connectivity index (χ2n) is 6.09. The molecule has 0 bridgehead atoms. The van der Waals surface area contributed by atoms with Crippen LogP contribution in [0.25, 0.3) is 0 Å². The number of hydrogen-bond donors (Lipinski definition) is 2. The van der Waals surface area contributed by atoms with Crippen LogP contribution in [-0.2, 0) is 16.1 Å². The summed E-state index contributed by atoms with van der Waals surface area (Å²) >= 11 is 0. The number of benzene rings is 1. The molecule has 0 radical (unpaired) electrons. The molecule has 1 rings (SSSR count). The summed E-state index contributed by atoms with van der Waals surface area (Å²) in [4.78, 5) is 23.4. The number of hydrogen-bond acceptors (Lipinski definition) is 3. The van der Waals surface area contributed by atoms with Gasteiger partial charge in [-0.2, -0.15) is 0 Å². The van der Waals surface area contributed by atoms with E-state index in [2.05, 4.69) is 24.5 Å². The van der Waals surface area contributed by atoms with Crippen molar-refractivity contribution >= 4 is 12.2 Å². The van der Waals surface area contributed by atoms with Crippen LogP contribution in [0.4, 0.5) is 0 Å². The van der Waals surface area contributed by atoms with Gasteiger partial charge in [0.2, 0.25) is 5.91 Å². The van der Waals surface area contributed by atoms with Gasteiger partial charge < -0.3 is 15.4 Å². The quantitative estimate of drug-likeness (QED) is 0.653. The van der Waals surface area contributed by atoms with Gasteiger partial charge in [0.25, 0.3) is 0 Å². The molecular formula is C18H28N2O2. The van der Waals surface area contributed by atoms with Crippen LogP contribution in [0, 0.1) is 5.92 Å². The molecule has 122 valence electrons. The highest BCUT2D eigenvalue weighted by Gasteiger charge is 2.21. The van der Waals surface area contributed by atoms with Crippen LogP contribution in [0.5, 0.6) is 0 Å². The van der Waals surface area contributed by atoms with Crippen molar-refractivity contribution in [2.24, 2.45) is 5.92 Å². The SMILES string of the molecule is CCCC(C=O)NC(=O)C(CC(C)C)NCc1ccccc1. The third-order valence-electron chi connectivity index (χ3n) is 3.51. The molecule has 2 atom stereocenters. The Hall–Kier alpha value is -1.68. The van der Waals surface area contributed by atoms with Gasteiger partial charge in [0.05, 0.1) is 12.1 Å². The molecule has 2 unspecified atom stereocenters. The molecule has 0 fully saturated rings. The second-order valence-corrected chi connectivity index (χ2v) is 6.09. The Kier molecular flexibility index (Phi) is 8.44. The largest absolute Gasteiger partial charge is 0.345 e. The van der Waals surface area contributed by atoms with E-state index in [1.165, 1.54) is 0 Å². The fourth-order valence-corrected chi connectivity index (χ4v) is 2.36. The Morgan fingerprint density at radius 2 is 1.91 bits per heavy atom. The lowest BCUT2D eigenvalue weighted by Crippen LogP contribution is -2.48. The highest BCUT2D eigenvalue weighted by atomic mass is 16.2. The van der Waals surface area contributed by atoms with Gasteiger partial charge in [-0.1, -0.05) is 57.5 Å². The first-order chi connectivity index (χ1) is 10.6. The first kappa shape index (κ1) is 18.4. The zero-order chi connectivity index (χ0) is 16.4. The molecule has 22 heavy (non-hydrogen) atoms. The first-order valence-electron chi connectivity index (χ1n) is 8.09. The Morgan fingerprint density at radius 1 is 1.23 bits per heavy atom. The minimum atomic E-state index is -0.384. The highest BCUT2D eigenvalue weighted by Crippen LogP contribution is 2.07. The lowest BCUT2D eigenvalue weighted by atomic mass is 10.0. The van der Waals surface area contributed by atoms with Crippen LogP contribution in [0.3, 0.4) is 0 Å². The standard InChI is InChI=1S/C18H28N2O2/c1-4-8-16(13-21)20-18(22)17(11-14(2)3)19-12-15-9-6-5-7-10-15/h5-7,9-10,13-14,16-17,19H,4,8,11-12H2,1-3H3,(H,20,22). The van der Waals surface area contributed by atoms with Crippen molar-refractivity contribution in [1.82, 2.24) is 10.6 Å². The predicted molar refractivity (Wildman–Crippen MR) is 89.4 cm³/mol. The van der Waals surface area contributed by atoms with Gasteiger partial charge in [-0.25, -0.2) is 0 Å². The normalized spacial score (nSPS) is 13.6. The molecule has 1 amide bonds. The zero-order valence-corrected chi connectivity index (χ0v) is 13.8. The molecule has 0 aromatic heterocycles. The lowest BCUT2D eigenvalue weighted by molar-refractivity contribution is -0.126. The van der Waals surface area contributed by atoms with Crippen molar-refractivity contribution in [1.29, 1.82) is 0 Å². The van der Waals surface area contributed by atoms with Crippen molar-refractivity contribution in [2.45, 2.75) is 58.7 Å². The summed E-state index contributed by atoms with van der Waals surface area (Å²) in [6.07, 6.45) is 3.12. The van der Waals surface area contributed by atoms with Gasteiger partial charge in [-0.15, -0.1) is 0 Å². The predicted octanol–water partition coefficient (Wildman–Crippen LogP) is 2.67. The molecule has 0 saturated heterocycles. The van der Waals surface area contributed by atoms with E-state index in [9.17, 15) is 9.59 Å². The van der Waals surface area contributed by atoms with Crippen molar-refractivity contribution in [2.75, 3.05) is 0 Å². The molecule has 1 aromatic rings. The highest BCUT2D eigenvalue weighted by molar-refractivity contribution is 5.84. The maximum atomic E-state index is 12.4. The summed E-state index contributed by atoms with van der Waals surface area (Å²) in [5.41, 5.74) is 1.14. The van der Waals surface area contributed by atoms with Gasteiger partial charge in [0.15, 0.2) is 0 Å². The third-order valence-corrected chi connectivity index (χ3v) is 3.51. The minimum absolute atomic E-state index is 0.0878. The molecular weight excluding hydrogens is 276 g/mol. The van der Waals surface area contributed by atoms with E-state index < -0.39 is 0 Å². The summed E-state index contributed by atoms with van der Waals surface area (Å²) in [5.74, 6) is 0.315. The molecule has 0 aliphatic carbocycles. The molecule has 0 heterocycles. The van der Waals surface area contributed by atoms with E-state index in [-0.39, 0.29) is 18.0 Å². The van der Waals surface area contributed by atoms with Gasteiger partial charge >= 0.3 is 0 Å². The summed E-state index contributed by atoms with van der Waals surface area (Å²) in [6, 6.07) is 9.34. The Balaban J connectivity index is 2.62. The third kappa shape index (κ3) is 6.85. The van der Waals surface area contributed by atoms with Gasteiger partial charge in [-0.05, 0) is 24.3 Å². The Labute approximate surface area is 133 Å². The number of amides is 1. The van der Waals surface area contributed by atoms with Gasteiger partial charge in [0.1, 0.15) is 6.29 Å². The summed E-state index contributed by atoms with van der Waals surface area (Å²) in [7, 11) is 0. The van der Waals surface area contributed by atoms with E-state index in [1.54, 1.807) is 0 Å². The topological polar surface area (TPSA) is 58.2 Å². The average Bonchev–Trinajstić information content (AvgIpc) is 2.51. The van der Waals surface area contributed by atoms with Crippen molar-refractivity contribution in [3.63, 3.8) is 0 Å². The van der Waals surface area contributed by atoms with Crippen molar-refractivity contribution in [3.05, 3.63) is 35.9 Å². The molecule has 4 heteroatoms. The van der Waals surface area contributed by atoms with E-state index in [1.807, 2.05) is 37.3 Å². The van der Waals surface area contributed by atoms with Crippen LogP contribution >= 0.6 is 0 Å². The second kappa shape index (κ2) is 10.1. The summed E-state index contributed by atoms with van der Waals surface area (Å²) in [5, 5.41) is 6.15. The van der Waals surface area contributed by atoms with Crippen LogP contribution < -0.4 is 10.6 Å². The van der Waals surface area contributed by atoms with Crippen molar-refractivity contribution < 1.29 is 9.59 Å². The van der Waals surface area contributed by atoms with E-state index in [4.69, 9.17) is 0 Å². The Morgan fingerprint density at radius 3 is 2.45 bits per heavy atom. The number of carbonyl (C=O) groups excluding carboxylic acids is 2. The Bertz CT molecular complexity index is 446. The minimum Gasteiger partial charge on any atom is -0.345 e. The molecule has 1 aromatic carbocycles. The number of aldehydes is 1. The molecule has 0 aliphatic rings. The average molecular weight is 304 g/mol. The smallest absolute Gasteiger partial charge is 0.237 e. The first-order valence-corrected chi connectivity index (χ1v) is 8.09. The van der Waals surface area contributed by atoms with E-state index >= 15 is 0 Å². The maximum Gasteiger partial charge on any atom is 0.237 e. The van der Waals surface area contributed by atoms with Gasteiger partial charge in [-0.3, -0.25) is 4.79 Å². The maximum absolute atomic E-state index is 12.4. The van der Waals surface area contributed by atoms with E-state index in [0.29, 0.717) is 18.9 Å². The lowest BCUT2D eigenvalue weighted by Gasteiger charge is -2.22. The van der Waals surface area contributed by atoms with Crippen LogP contribution in [0.1, 0.15) is 45.6 Å². The fourth-order valence-electron chi connectivity index (χ4n) is 2.36. The van der Waals surface area contributed by atoms with Crippen LogP contribution in [-0.4, -0.2) is 24.3 Å². The van der Waals surface area contributed by atoms with Crippen LogP contribution in [0.2, 0.25) is 0 Å². The number of rotatable bonds is 10. The molecule has 0 saturated carbocycles. The monoisotopic (exact) mass is 304 g/mol. The van der Waals surface area contributed by atoms with Gasteiger partial charge in [0, 0.05) is 6.54 Å².